The molecular weight excluding hydrogens is 234 g/mol. The number of alkyl halides is 2. The van der Waals surface area contributed by atoms with Crippen LogP contribution in [0.15, 0.2) is 18.2 Å². The number of aliphatic hydroxyl groups is 1. The van der Waals surface area contributed by atoms with Gasteiger partial charge in [-0.15, -0.1) is 0 Å². The normalized spacial score (nSPS) is 11.3. The Bertz CT molecular complexity index is 424. The highest BCUT2D eigenvalue weighted by atomic mass is 19.3. The summed E-state index contributed by atoms with van der Waals surface area (Å²) in [5, 5.41) is 21.3. The second-order valence-corrected chi connectivity index (χ2v) is 3.63. The van der Waals surface area contributed by atoms with E-state index in [0.717, 1.165) is 0 Å². The van der Waals surface area contributed by atoms with Gasteiger partial charge in [0.05, 0.1) is 11.5 Å². The lowest BCUT2D eigenvalue weighted by Crippen LogP contribution is -2.31. The maximum Gasteiger partial charge on any atom is 0.287 e. The SMILES string of the molecule is Cc1cc(NCC(F)(F)CO)ccc1[N+](=O)[O-]. The van der Waals surface area contributed by atoms with Crippen molar-refractivity contribution in [3.05, 3.63) is 33.9 Å². The largest absolute Gasteiger partial charge is 0.390 e. The summed E-state index contributed by atoms with van der Waals surface area (Å²) in [6, 6.07) is 4.00. The van der Waals surface area contributed by atoms with Crippen molar-refractivity contribution < 1.29 is 18.8 Å². The molecule has 94 valence electrons. The maximum absolute atomic E-state index is 12.7. The number of rotatable bonds is 5. The second kappa shape index (κ2) is 5.05. The van der Waals surface area contributed by atoms with Crippen molar-refractivity contribution in [3.63, 3.8) is 0 Å². The molecule has 0 atom stereocenters. The molecule has 0 unspecified atom stereocenters. The molecule has 17 heavy (non-hydrogen) atoms. The zero-order valence-corrected chi connectivity index (χ0v) is 9.11. The van der Waals surface area contributed by atoms with Crippen molar-refractivity contribution in [1.29, 1.82) is 0 Å². The molecule has 0 amide bonds. The molecule has 0 spiro atoms. The van der Waals surface area contributed by atoms with Crippen LogP contribution >= 0.6 is 0 Å². The Balaban J connectivity index is 2.75. The monoisotopic (exact) mass is 246 g/mol. The summed E-state index contributed by atoms with van der Waals surface area (Å²) in [6.07, 6.45) is 0. The van der Waals surface area contributed by atoms with Crippen LogP contribution in [-0.4, -0.2) is 29.1 Å². The van der Waals surface area contributed by atoms with Crippen molar-refractivity contribution in [2.24, 2.45) is 0 Å². The number of hydrogen-bond acceptors (Lipinski definition) is 4. The molecule has 0 radical (unpaired) electrons. The van der Waals surface area contributed by atoms with Gasteiger partial charge in [-0.25, -0.2) is 8.78 Å². The van der Waals surface area contributed by atoms with Gasteiger partial charge in [0.1, 0.15) is 6.61 Å². The number of benzene rings is 1. The molecule has 1 rings (SSSR count). The predicted molar refractivity (Wildman–Crippen MR) is 58.4 cm³/mol. The molecule has 0 aliphatic rings. The van der Waals surface area contributed by atoms with Crippen LogP contribution in [0.3, 0.4) is 0 Å². The minimum atomic E-state index is -3.21. The molecule has 0 aromatic heterocycles. The number of nitrogens with zero attached hydrogens (tertiary/aromatic N) is 1. The van der Waals surface area contributed by atoms with E-state index in [2.05, 4.69) is 5.32 Å². The van der Waals surface area contributed by atoms with E-state index in [9.17, 15) is 18.9 Å². The Morgan fingerprint density at radius 3 is 2.65 bits per heavy atom. The maximum atomic E-state index is 12.7. The molecule has 7 heteroatoms. The quantitative estimate of drug-likeness (QED) is 0.615. The average molecular weight is 246 g/mol. The van der Waals surface area contributed by atoms with Gasteiger partial charge in [0, 0.05) is 17.3 Å². The van der Waals surface area contributed by atoms with Crippen molar-refractivity contribution in [1.82, 2.24) is 0 Å². The Morgan fingerprint density at radius 1 is 1.53 bits per heavy atom. The van der Waals surface area contributed by atoms with Crippen LogP contribution in [0.1, 0.15) is 5.56 Å². The first-order valence-corrected chi connectivity index (χ1v) is 4.83. The molecule has 0 saturated carbocycles. The summed E-state index contributed by atoms with van der Waals surface area (Å²) in [5.41, 5.74) is 0.665. The summed E-state index contributed by atoms with van der Waals surface area (Å²) < 4.78 is 25.5. The fraction of sp³-hybridized carbons (Fsp3) is 0.400. The van der Waals surface area contributed by atoms with E-state index in [1.165, 1.54) is 25.1 Å². The summed E-state index contributed by atoms with van der Waals surface area (Å²) >= 11 is 0. The van der Waals surface area contributed by atoms with Gasteiger partial charge in [-0.2, -0.15) is 0 Å². The van der Waals surface area contributed by atoms with Crippen LogP contribution in [0.25, 0.3) is 0 Å². The lowest BCUT2D eigenvalue weighted by atomic mass is 10.2. The number of aryl methyl sites for hydroxylation is 1. The first kappa shape index (κ1) is 13.3. The van der Waals surface area contributed by atoms with Crippen LogP contribution in [0.4, 0.5) is 20.2 Å². The molecule has 0 bridgehead atoms. The highest BCUT2D eigenvalue weighted by Gasteiger charge is 2.27. The minimum absolute atomic E-state index is 0.0653. The molecule has 5 nitrogen and oxygen atoms in total. The summed E-state index contributed by atoms with van der Waals surface area (Å²) in [5.74, 6) is -3.21. The van der Waals surface area contributed by atoms with Gasteiger partial charge >= 0.3 is 0 Å². The smallest absolute Gasteiger partial charge is 0.287 e. The van der Waals surface area contributed by atoms with E-state index in [1.54, 1.807) is 0 Å². The van der Waals surface area contributed by atoms with Crippen LogP contribution < -0.4 is 5.32 Å². The minimum Gasteiger partial charge on any atom is -0.390 e. The van der Waals surface area contributed by atoms with E-state index in [1.807, 2.05) is 0 Å². The van der Waals surface area contributed by atoms with E-state index < -0.39 is 24.0 Å². The van der Waals surface area contributed by atoms with Crippen molar-refractivity contribution in [3.8, 4) is 0 Å². The highest BCUT2D eigenvalue weighted by molar-refractivity contribution is 5.53. The van der Waals surface area contributed by atoms with E-state index in [-0.39, 0.29) is 5.69 Å². The third kappa shape index (κ3) is 3.63. The molecular formula is C10H12F2N2O3. The van der Waals surface area contributed by atoms with Crippen molar-refractivity contribution in [2.45, 2.75) is 12.8 Å². The highest BCUT2D eigenvalue weighted by Crippen LogP contribution is 2.22. The number of aliphatic hydroxyl groups excluding tert-OH is 1. The number of nitro groups is 1. The molecule has 0 fully saturated rings. The summed E-state index contributed by atoms with van der Waals surface area (Å²) in [7, 11) is 0. The predicted octanol–water partition coefficient (Wildman–Crippen LogP) is 1.94. The van der Waals surface area contributed by atoms with Crippen LogP contribution in [0, 0.1) is 17.0 Å². The standard InChI is InChI=1S/C10H12F2N2O3/c1-7-4-8(2-3-9(7)14(16)17)13-5-10(11,12)6-15/h2-4,13,15H,5-6H2,1H3. The molecule has 0 saturated heterocycles. The molecule has 1 aromatic rings. The first-order valence-electron chi connectivity index (χ1n) is 4.83. The lowest BCUT2D eigenvalue weighted by molar-refractivity contribution is -0.385. The van der Waals surface area contributed by atoms with E-state index >= 15 is 0 Å². The van der Waals surface area contributed by atoms with Gasteiger partial charge < -0.3 is 10.4 Å². The first-order chi connectivity index (χ1) is 7.85. The van der Waals surface area contributed by atoms with E-state index in [0.29, 0.717) is 11.3 Å². The Kier molecular flexibility index (Phi) is 3.95. The fourth-order valence-electron chi connectivity index (χ4n) is 1.26. The third-order valence-corrected chi connectivity index (χ3v) is 2.18. The van der Waals surface area contributed by atoms with Crippen molar-refractivity contribution in [2.75, 3.05) is 18.5 Å². The number of halogens is 2. The van der Waals surface area contributed by atoms with Gasteiger partial charge in [0.2, 0.25) is 0 Å². The molecule has 0 aliphatic carbocycles. The Hall–Kier alpha value is -1.76. The average Bonchev–Trinajstić information content (AvgIpc) is 2.26. The van der Waals surface area contributed by atoms with Crippen LogP contribution in [-0.2, 0) is 0 Å². The number of nitrogens with one attached hydrogen (secondary N) is 1. The summed E-state index contributed by atoms with van der Waals surface area (Å²) in [4.78, 5) is 9.99. The fourth-order valence-corrected chi connectivity index (χ4v) is 1.26. The van der Waals surface area contributed by atoms with Gasteiger partial charge in [0.15, 0.2) is 0 Å². The van der Waals surface area contributed by atoms with Gasteiger partial charge in [-0.1, -0.05) is 0 Å². The van der Waals surface area contributed by atoms with Gasteiger partial charge in [0.25, 0.3) is 11.6 Å². The van der Waals surface area contributed by atoms with Gasteiger partial charge in [-0.05, 0) is 19.1 Å². The second-order valence-electron chi connectivity index (χ2n) is 3.63. The molecule has 2 N–H and O–H groups in total. The van der Waals surface area contributed by atoms with Crippen LogP contribution in [0.5, 0.6) is 0 Å². The molecule has 1 aromatic carbocycles. The zero-order valence-electron chi connectivity index (χ0n) is 9.11. The van der Waals surface area contributed by atoms with E-state index in [4.69, 9.17) is 5.11 Å². The number of hydrogen-bond donors (Lipinski definition) is 2. The van der Waals surface area contributed by atoms with Crippen molar-refractivity contribution >= 4 is 11.4 Å². The lowest BCUT2D eigenvalue weighted by Gasteiger charge is -2.15. The number of nitro benzene ring substituents is 1. The zero-order chi connectivity index (χ0) is 13.1. The summed E-state index contributed by atoms with van der Waals surface area (Å²) in [6.45, 7) is -0.444. The Morgan fingerprint density at radius 2 is 2.18 bits per heavy atom. The topological polar surface area (TPSA) is 75.4 Å². The van der Waals surface area contributed by atoms with Gasteiger partial charge in [-0.3, -0.25) is 10.1 Å². The Labute approximate surface area is 96.2 Å². The number of anilines is 1. The third-order valence-electron chi connectivity index (χ3n) is 2.18. The molecule has 0 heterocycles. The molecule has 0 aliphatic heterocycles. The van der Waals surface area contributed by atoms with Crippen LogP contribution in [0.2, 0.25) is 0 Å².